The van der Waals surface area contributed by atoms with Gasteiger partial charge >= 0.3 is 0 Å². The van der Waals surface area contributed by atoms with Crippen molar-refractivity contribution in [2.24, 2.45) is 0 Å². The molecule has 1 aliphatic rings. The van der Waals surface area contributed by atoms with Crippen LogP contribution in [-0.2, 0) is 11.2 Å². The molecule has 1 atom stereocenters. The number of amides is 1. The molecule has 0 aliphatic carbocycles. The molecule has 1 fully saturated rings. The lowest BCUT2D eigenvalue weighted by Gasteiger charge is -2.34. The van der Waals surface area contributed by atoms with Crippen LogP contribution in [0.3, 0.4) is 0 Å². The lowest BCUT2D eigenvalue weighted by molar-refractivity contribution is -0.134. The van der Waals surface area contributed by atoms with Crippen molar-refractivity contribution in [1.82, 2.24) is 10.2 Å². The summed E-state index contributed by atoms with van der Waals surface area (Å²) in [6.07, 6.45) is 2.68. The normalized spacial score (nSPS) is 20.5. The van der Waals surface area contributed by atoms with E-state index in [9.17, 15) is 4.79 Å². The van der Waals surface area contributed by atoms with Crippen LogP contribution in [-0.4, -0.2) is 36.5 Å². The third-order valence-electron chi connectivity index (χ3n) is 3.22. The van der Waals surface area contributed by atoms with E-state index < -0.39 is 0 Å². The van der Waals surface area contributed by atoms with Crippen molar-refractivity contribution in [2.75, 3.05) is 19.6 Å². The highest BCUT2D eigenvalue weighted by Gasteiger charge is 2.22. The Morgan fingerprint density at radius 3 is 3.24 bits per heavy atom. The molecule has 1 unspecified atom stereocenters. The van der Waals surface area contributed by atoms with Crippen molar-refractivity contribution < 1.29 is 4.79 Å². The van der Waals surface area contributed by atoms with Crippen LogP contribution in [0.4, 0.5) is 0 Å². The summed E-state index contributed by atoms with van der Waals surface area (Å²) in [6.45, 7) is 4.83. The lowest BCUT2D eigenvalue weighted by atomic mass is 10.1. The number of hydrogen-bond acceptors (Lipinski definition) is 3. The predicted octanol–water partition coefficient (Wildman–Crippen LogP) is 1.89. The van der Waals surface area contributed by atoms with Gasteiger partial charge in [0.1, 0.15) is 0 Å². The summed E-state index contributed by atoms with van der Waals surface area (Å²) >= 11 is 1.78. The van der Waals surface area contributed by atoms with E-state index >= 15 is 0 Å². The predicted molar refractivity (Wildman–Crippen MR) is 71.3 cm³/mol. The number of piperazine rings is 1. The second-order valence-corrected chi connectivity index (χ2v) is 5.61. The van der Waals surface area contributed by atoms with E-state index in [-0.39, 0.29) is 0 Å². The zero-order chi connectivity index (χ0) is 12.1. The van der Waals surface area contributed by atoms with E-state index in [2.05, 4.69) is 29.8 Å². The first kappa shape index (κ1) is 12.6. The Bertz CT molecular complexity index is 350. The number of aryl methyl sites for hydroxylation is 1. The molecule has 0 radical (unpaired) electrons. The van der Waals surface area contributed by atoms with Gasteiger partial charge in [-0.3, -0.25) is 4.79 Å². The highest BCUT2D eigenvalue weighted by Crippen LogP contribution is 2.13. The first-order chi connectivity index (χ1) is 8.27. The molecule has 2 rings (SSSR count). The summed E-state index contributed by atoms with van der Waals surface area (Å²) in [7, 11) is 0. The van der Waals surface area contributed by atoms with Gasteiger partial charge in [-0.15, -0.1) is 11.3 Å². The molecule has 0 spiro atoms. The van der Waals surface area contributed by atoms with E-state index in [1.54, 1.807) is 11.3 Å². The molecule has 1 saturated heterocycles. The minimum absolute atomic E-state index is 0.315. The molecule has 0 aromatic carbocycles. The quantitative estimate of drug-likeness (QED) is 0.887. The molecule has 1 aromatic rings. The van der Waals surface area contributed by atoms with Gasteiger partial charge in [-0.25, -0.2) is 0 Å². The maximum Gasteiger partial charge on any atom is 0.222 e. The van der Waals surface area contributed by atoms with Crippen LogP contribution in [0, 0.1) is 0 Å². The fraction of sp³-hybridized carbons (Fsp3) is 0.615. The summed E-state index contributed by atoms with van der Waals surface area (Å²) in [5.41, 5.74) is 0. The summed E-state index contributed by atoms with van der Waals surface area (Å²) in [4.78, 5) is 15.4. The molecule has 0 saturated carbocycles. The maximum absolute atomic E-state index is 12.0. The van der Waals surface area contributed by atoms with E-state index in [0.717, 1.165) is 32.5 Å². The zero-order valence-corrected chi connectivity index (χ0v) is 11.1. The average molecular weight is 252 g/mol. The van der Waals surface area contributed by atoms with Gasteiger partial charge in [0.15, 0.2) is 0 Å². The Kier molecular flexibility index (Phi) is 4.57. The Hall–Kier alpha value is -0.870. The molecule has 1 amide bonds. The summed E-state index contributed by atoms with van der Waals surface area (Å²) in [5, 5.41) is 5.40. The number of nitrogens with one attached hydrogen (secondary N) is 1. The Balaban J connectivity index is 1.73. The third-order valence-corrected chi connectivity index (χ3v) is 4.15. The molecule has 4 heteroatoms. The van der Waals surface area contributed by atoms with Gasteiger partial charge in [0.05, 0.1) is 0 Å². The SMILES string of the molecule is CC1CNCCN1C(=O)CCCc1cccs1. The van der Waals surface area contributed by atoms with Crippen molar-refractivity contribution in [2.45, 2.75) is 32.2 Å². The van der Waals surface area contributed by atoms with Gasteiger partial charge in [0, 0.05) is 37.0 Å². The molecule has 2 heterocycles. The first-order valence-electron chi connectivity index (χ1n) is 6.30. The van der Waals surface area contributed by atoms with Crippen LogP contribution in [0.15, 0.2) is 17.5 Å². The van der Waals surface area contributed by atoms with Crippen LogP contribution in [0.25, 0.3) is 0 Å². The summed E-state index contributed by atoms with van der Waals surface area (Å²) in [5.74, 6) is 0.315. The Morgan fingerprint density at radius 2 is 2.53 bits per heavy atom. The van der Waals surface area contributed by atoms with Crippen LogP contribution in [0.2, 0.25) is 0 Å². The van der Waals surface area contributed by atoms with E-state index in [0.29, 0.717) is 18.4 Å². The molecule has 0 bridgehead atoms. The van der Waals surface area contributed by atoms with Crippen molar-refractivity contribution >= 4 is 17.2 Å². The number of carbonyl (C=O) groups excluding carboxylic acids is 1. The van der Waals surface area contributed by atoms with Crippen LogP contribution in [0.1, 0.15) is 24.6 Å². The van der Waals surface area contributed by atoms with Gasteiger partial charge in [-0.2, -0.15) is 0 Å². The third kappa shape index (κ3) is 3.54. The number of nitrogens with zero attached hydrogens (tertiary/aromatic N) is 1. The van der Waals surface area contributed by atoms with Crippen molar-refractivity contribution in [3.05, 3.63) is 22.4 Å². The standard InChI is InChI=1S/C13H20N2OS/c1-11-10-14-7-8-15(11)13(16)6-2-4-12-5-3-9-17-12/h3,5,9,11,14H,2,4,6-8,10H2,1H3. The fourth-order valence-corrected chi connectivity index (χ4v) is 2.98. The van der Waals surface area contributed by atoms with Crippen LogP contribution in [0.5, 0.6) is 0 Å². The summed E-state index contributed by atoms with van der Waals surface area (Å²) < 4.78 is 0. The maximum atomic E-state index is 12.0. The van der Waals surface area contributed by atoms with Crippen molar-refractivity contribution in [3.63, 3.8) is 0 Å². The Morgan fingerprint density at radius 1 is 1.65 bits per heavy atom. The second-order valence-electron chi connectivity index (χ2n) is 4.57. The van der Waals surface area contributed by atoms with Gasteiger partial charge < -0.3 is 10.2 Å². The highest BCUT2D eigenvalue weighted by atomic mass is 32.1. The first-order valence-corrected chi connectivity index (χ1v) is 7.18. The fourth-order valence-electron chi connectivity index (χ4n) is 2.22. The second kappa shape index (κ2) is 6.17. The molecule has 1 aliphatic heterocycles. The molecule has 1 N–H and O–H groups in total. The number of rotatable bonds is 4. The van der Waals surface area contributed by atoms with Gasteiger partial charge in [-0.1, -0.05) is 6.07 Å². The highest BCUT2D eigenvalue weighted by molar-refractivity contribution is 7.09. The lowest BCUT2D eigenvalue weighted by Crippen LogP contribution is -2.52. The van der Waals surface area contributed by atoms with Crippen molar-refractivity contribution in [3.8, 4) is 0 Å². The number of thiophene rings is 1. The number of hydrogen-bond donors (Lipinski definition) is 1. The van der Waals surface area contributed by atoms with Crippen LogP contribution >= 0.6 is 11.3 Å². The minimum atomic E-state index is 0.315. The molecule has 94 valence electrons. The molecular weight excluding hydrogens is 232 g/mol. The Labute approximate surface area is 107 Å². The molecular formula is C13H20N2OS. The topological polar surface area (TPSA) is 32.3 Å². The monoisotopic (exact) mass is 252 g/mol. The van der Waals surface area contributed by atoms with Gasteiger partial charge in [-0.05, 0) is 31.2 Å². The number of carbonyl (C=O) groups is 1. The summed E-state index contributed by atoms with van der Waals surface area (Å²) in [6, 6.07) is 4.56. The smallest absolute Gasteiger partial charge is 0.222 e. The average Bonchev–Trinajstić information content (AvgIpc) is 2.82. The van der Waals surface area contributed by atoms with Crippen LogP contribution < -0.4 is 5.32 Å². The van der Waals surface area contributed by atoms with Crippen molar-refractivity contribution in [1.29, 1.82) is 0 Å². The van der Waals surface area contributed by atoms with Gasteiger partial charge in [0.25, 0.3) is 0 Å². The van der Waals surface area contributed by atoms with E-state index in [4.69, 9.17) is 0 Å². The zero-order valence-electron chi connectivity index (χ0n) is 10.3. The van der Waals surface area contributed by atoms with E-state index in [1.165, 1.54) is 4.88 Å². The molecule has 3 nitrogen and oxygen atoms in total. The molecule has 1 aromatic heterocycles. The van der Waals surface area contributed by atoms with Gasteiger partial charge in [0.2, 0.25) is 5.91 Å². The largest absolute Gasteiger partial charge is 0.337 e. The van der Waals surface area contributed by atoms with E-state index in [1.807, 2.05) is 4.90 Å². The molecule has 17 heavy (non-hydrogen) atoms. The minimum Gasteiger partial charge on any atom is -0.337 e.